The summed E-state index contributed by atoms with van der Waals surface area (Å²) in [6.07, 6.45) is 2.45. The molecule has 0 atom stereocenters. The minimum atomic E-state index is -0.561. The van der Waals surface area contributed by atoms with Crippen LogP contribution in [-0.2, 0) is 20.7 Å². The molecule has 1 aromatic rings. The summed E-state index contributed by atoms with van der Waals surface area (Å²) in [4.78, 5) is 38.2. The standard InChI is InChI=1S/C25H39N3O6/c1-25(2,3)34-24(31)26-13-10-23(30)28-14-11-19(12-15-28)17-27-22(29)9-7-18-6-8-20(32-4)21(16-18)33-5/h6,8,16,19H,7,9-15,17H2,1-5H3,(H,26,31)(H,27,29). The van der Waals surface area contributed by atoms with Gasteiger partial charge in [0.25, 0.3) is 0 Å². The lowest BCUT2D eigenvalue weighted by atomic mass is 9.96. The first kappa shape index (κ1) is 27.3. The van der Waals surface area contributed by atoms with Gasteiger partial charge >= 0.3 is 6.09 Å². The fourth-order valence-electron chi connectivity index (χ4n) is 3.77. The molecule has 2 rings (SSSR count). The number of rotatable bonds is 10. The fraction of sp³-hybridized carbons (Fsp3) is 0.640. The lowest BCUT2D eigenvalue weighted by molar-refractivity contribution is -0.132. The summed E-state index contributed by atoms with van der Waals surface area (Å²) in [5.41, 5.74) is 0.454. The number of amides is 3. The van der Waals surface area contributed by atoms with Crippen LogP contribution in [0.4, 0.5) is 4.79 Å². The summed E-state index contributed by atoms with van der Waals surface area (Å²) in [6.45, 7) is 7.58. The zero-order valence-electron chi connectivity index (χ0n) is 21.1. The highest BCUT2D eigenvalue weighted by molar-refractivity contribution is 5.77. The van der Waals surface area contributed by atoms with E-state index >= 15 is 0 Å². The van der Waals surface area contributed by atoms with E-state index in [0.717, 1.165) is 18.4 Å². The topological polar surface area (TPSA) is 106 Å². The van der Waals surface area contributed by atoms with E-state index in [1.54, 1.807) is 35.0 Å². The van der Waals surface area contributed by atoms with Crippen molar-refractivity contribution in [3.8, 4) is 11.5 Å². The molecule has 2 N–H and O–H groups in total. The average molecular weight is 478 g/mol. The van der Waals surface area contributed by atoms with E-state index in [1.807, 2.05) is 23.1 Å². The number of nitrogens with one attached hydrogen (secondary N) is 2. The monoisotopic (exact) mass is 477 g/mol. The Balaban J connectivity index is 1.62. The molecule has 0 radical (unpaired) electrons. The van der Waals surface area contributed by atoms with Gasteiger partial charge in [-0.3, -0.25) is 9.59 Å². The molecule has 0 unspecified atom stereocenters. The first-order valence-electron chi connectivity index (χ1n) is 11.8. The van der Waals surface area contributed by atoms with Crippen molar-refractivity contribution in [1.29, 1.82) is 0 Å². The number of hydrogen-bond donors (Lipinski definition) is 2. The van der Waals surface area contributed by atoms with Crippen molar-refractivity contribution in [1.82, 2.24) is 15.5 Å². The zero-order chi connectivity index (χ0) is 25.1. The van der Waals surface area contributed by atoms with Gasteiger partial charge in [-0.15, -0.1) is 0 Å². The Morgan fingerprint density at radius 2 is 1.68 bits per heavy atom. The van der Waals surface area contributed by atoms with Gasteiger partial charge < -0.3 is 29.7 Å². The average Bonchev–Trinajstić information content (AvgIpc) is 2.80. The van der Waals surface area contributed by atoms with Gasteiger partial charge in [0, 0.05) is 39.0 Å². The van der Waals surface area contributed by atoms with Crippen LogP contribution in [0.15, 0.2) is 18.2 Å². The Labute approximate surface area is 202 Å². The van der Waals surface area contributed by atoms with E-state index in [-0.39, 0.29) is 24.8 Å². The SMILES string of the molecule is COc1ccc(CCC(=O)NCC2CCN(C(=O)CCNC(=O)OC(C)(C)C)CC2)cc1OC. The lowest BCUT2D eigenvalue weighted by Crippen LogP contribution is -2.42. The molecule has 1 heterocycles. The number of hydrogen-bond acceptors (Lipinski definition) is 6. The largest absolute Gasteiger partial charge is 0.493 e. The van der Waals surface area contributed by atoms with Gasteiger partial charge in [0.1, 0.15) is 5.60 Å². The molecule has 0 aliphatic carbocycles. The second-order valence-electron chi connectivity index (χ2n) is 9.50. The number of methoxy groups -OCH3 is 2. The van der Waals surface area contributed by atoms with Crippen LogP contribution in [0, 0.1) is 5.92 Å². The Morgan fingerprint density at radius 1 is 1.00 bits per heavy atom. The van der Waals surface area contributed by atoms with Gasteiger partial charge in [0.05, 0.1) is 14.2 Å². The predicted octanol–water partition coefficient (Wildman–Crippen LogP) is 2.91. The molecule has 0 aromatic heterocycles. The molecular formula is C25H39N3O6. The number of likely N-dealkylation sites (tertiary alicyclic amines) is 1. The summed E-state index contributed by atoms with van der Waals surface area (Å²) in [5, 5.41) is 5.64. The first-order chi connectivity index (χ1) is 16.1. The summed E-state index contributed by atoms with van der Waals surface area (Å²) in [5.74, 6) is 1.71. The minimum absolute atomic E-state index is 0.0153. The van der Waals surface area contributed by atoms with Crippen molar-refractivity contribution in [3.05, 3.63) is 23.8 Å². The summed E-state index contributed by atoms with van der Waals surface area (Å²) < 4.78 is 15.7. The summed E-state index contributed by atoms with van der Waals surface area (Å²) >= 11 is 0. The Bertz CT molecular complexity index is 828. The van der Waals surface area contributed by atoms with E-state index < -0.39 is 11.7 Å². The highest BCUT2D eigenvalue weighted by Gasteiger charge is 2.23. The highest BCUT2D eigenvalue weighted by Crippen LogP contribution is 2.28. The van der Waals surface area contributed by atoms with E-state index in [4.69, 9.17) is 14.2 Å². The number of carbonyl (C=O) groups is 3. The number of aryl methyl sites for hydroxylation is 1. The molecule has 0 bridgehead atoms. The molecule has 34 heavy (non-hydrogen) atoms. The molecule has 190 valence electrons. The molecule has 3 amide bonds. The van der Waals surface area contributed by atoms with E-state index in [0.29, 0.717) is 49.9 Å². The molecule has 1 fully saturated rings. The van der Waals surface area contributed by atoms with Crippen LogP contribution in [-0.4, -0.2) is 68.8 Å². The molecule has 9 nitrogen and oxygen atoms in total. The van der Waals surface area contributed by atoms with Gasteiger partial charge in [-0.1, -0.05) is 6.07 Å². The molecule has 0 spiro atoms. The van der Waals surface area contributed by atoms with Crippen molar-refractivity contribution in [2.45, 2.75) is 58.5 Å². The highest BCUT2D eigenvalue weighted by atomic mass is 16.6. The number of alkyl carbamates (subject to hydrolysis) is 1. The van der Waals surface area contributed by atoms with E-state index in [1.165, 1.54) is 0 Å². The van der Waals surface area contributed by atoms with Gasteiger partial charge in [-0.05, 0) is 63.6 Å². The summed E-state index contributed by atoms with van der Waals surface area (Å²) in [6, 6.07) is 5.67. The lowest BCUT2D eigenvalue weighted by Gasteiger charge is -2.32. The third kappa shape index (κ3) is 9.49. The maximum Gasteiger partial charge on any atom is 0.407 e. The molecular weight excluding hydrogens is 438 g/mol. The minimum Gasteiger partial charge on any atom is -0.493 e. The quantitative estimate of drug-likeness (QED) is 0.537. The van der Waals surface area contributed by atoms with Crippen LogP contribution in [0.2, 0.25) is 0 Å². The van der Waals surface area contributed by atoms with Gasteiger partial charge in [0.15, 0.2) is 11.5 Å². The number of piperidine rings is 1. The number of nitrogens with zero attached hydrogens (tertiary/aromatic N) is 1. The molecule has 1 aromatic carbocycles. The van der Waals surface area contributed by atoms with E-state index in [9.17, 15) is 14.4 Å². The molecule has 1 aliphatic heterocycles. The van der Waals surface area contributed by atoms with Crippen molar-refractivity contribution < 1.29 is 28.6 Å². The van der Waals surface area contributed by atoms with Gasteiger partial charge in [0.2, 0.25) is 11.8 Å². The van der Waals surface area contributed by atoms with Gasteiger partial charge in [-0.2, -0.15) is 0 Å². The second-order valence-corrected chi connectivity index (χ2v) is 9.50. The van der Waals surface area contributed by atoms with Crippen LogP contribution in [0.5, 0.6) is 11.5 Å². The van der Waals surface area contributed by atoms with Crippen LogP contribution in [0.25, 0.3) is 0 Å². The second kappa shape index (κ2) is 13.1. The van der Waals surface area contributed by atoms with Crippen molar-refractivity contribution in [3.63, 3.8) is 0 Å². The number of benzene rings is 1. The smallest absolute Gasteiger partial charge is 0.407 e. The predicted molar refractivity (Wildman–Crippen MR) is 129 cm³/mol. The van der Waals surface area contributed by atoms with Crippen molar-refractivity contribution >= 4 is 17.9 Å². The zero-order valence-corrected chi connectivity index (χ0v) is 21.1. The first-order valence-corrected chi connectivity index (χ1v) is 11.8. The normalized spacial score (nSPS) is 14.3. The van der Waals surface area contributed by atoms with Crippen LogP contribution >= 0.6 is 0 Å². The number of ether oxygens (including phenoxy) is 3. The van der Waals surface area contributed by atoms with Gasteiger partial charge in [-0.25, -0.2) is 4.79 Å². The molecule has 1 saturated heterocycles. The van der Waals surface area contributed by atoms with Crippen LogP contribution < -0.4 is 20.1 Å². The fourth-order valence-corrected chi connectivity index (χ4v) is 3.77. The molecule has 0 saturated carbocycles. The number of carbonyl (C=O) groups excluding carboxylic acids is 3. The van der Waals surface area contributed by atoms with Crippen molar-refractivity contribution in [2.24, 2.45) is 5.92 Å². The van der Waals surface area contributed by atoms with Crippen LogP contribution in [0.1, 0.15) is 52.0 Å². The molecule has 1 aliphatic rings. The van der Waals surface area contributed by atoms with Crippen molar-refractivity contribution in [2.75, 3.05) is 40.4 Å². The maximum atomic E-state index is 12.4. The Morgan fingerprint density at radius 3 is 2.29 bits per heavy atom. The summed E-state index contributed by atoms with van der Waals surface area (Å²) in [7, 11) is 3.18. The van der Waals surface area contributed by atoms with E-state index in [2.05, 4.69) is 10.6 Å². The third-order valence-electron chi connectivity index (χ3n) is 5.65. The third-order valence-corrected chi connectivity index (χ3v) is 5.65. The Hall–Kier alpha value is -2.97. The maximum absolute atomic E-state index is 12.4. The molecule has 9 heteroatoms. The van der Waals surface area contributed by atoms with Crippen LogP contribution in [0.3, 0.4) is 0 Å². The Kier molecular flexibility index (Phi) is 10.5.